The number of benzene rings is 12. The summed E-state index contributed by atoms with van der Waals surface area (Å²) in [6.07, 6.45) is 0. The smallest absolute Gasteiger partial charge is 0.0462 e. The van der Waals surface area contributed by atoms with Gasteiger partial charge in [-0.3, -0.25) is 0 Å². The summed E-state index contributed by atoms with van der Waals surface area (Å²) in [6, 6.07) is 114. The van der Waals surface area contributed by atoms with E-state index in [-0.39, 0.29) is 0 Å². The molecule has 0 amide bonds. The Morgan fingerprint density at radius 2 is 0.257 bits per heavy atom. The lowest BCUT2D eigenvalue weighted by atomic mass is 9.93. The molecule has 0 aromatic heterocycles. The van der Waals surface area contributed by atoms with Gasteiger partial charge in [-0.1, -0.05) is 224 Å². The van der Waals surface area contributed by atoms with Crippen LogP contribution in [0.2, 0.25) is 0 Å². The molecule has 0 unspecified atom stereocenters. The molecule has 0 fully saturated rings. The highest BCUT2D eigenvalue weighted by Gasteiger charge is 2.17. The van der Waals surface area contributed by atoms with Gasteiger partial charge in [0.2, 0.25) is 0 Å². The Kier molecular flexibility index (Phi) is 12.8. The number of hydrogen-bond acceptors (Lipinski definition) is 2. The largest absolute Gasteiger partial charge is 0.311 e. The van der Waals surface area contributed by atoms with Crippen molar-refractivity contribution in [2.75, 3.05) is 9.80 Å². The first-order chi connectivity index (χ1) is 36.7. The van der Waals surface area contributed by atoms with Gasteiger partial charge in [-0.15, -0.1) is 0 Å². The quantitative estimate of drug-likeness (QED) is 0.114. The van der Waals surface area contributed by atoms with Crippen LogP contribution in [0.5, 0.6) is 0 Å². The molecule has 350 valence electrons. The molecule has 0 saturated carbocycles. The fourth-order valence-corrected chi connectivity index (χ4v) is 9.99. The zero-order valence-electron chi connectivity index (χ0n) is 40.9. The Labute approximate surface area is 435 Å². The molecule has 0 saturated heterocycles. The molecule has 0 heterocycles. The monoisotopic (exact) mass is 944 g/mol. The minimum atomic E-state index is 1.08. The first kappa shape index (κ1) is 45.4. The first-order valence-electron chi connectivity index (χ1n) is 25.3. The van der Waals surface area contributed by atoms with Crippen LogP contribution in [0, 0.1) is 0 Å². The molecule has 0 aliphatic carbocycles. The van der Waals surface area contributed by atoms with E-state index in [9.17, 15) is 0 Å². The number of hydrogen-bond donors (Lipinski definition) is 0. The molecular formula is C72H52N2. The Bertz CT molecular complexity index is 3330. The van der Waals surface area contributed by atoms with E-state index >= 15 is 0 Å². The molecule has 2 heteroatoms. The van der Waals surface area contributed by atoms with E-state index in [4.69, 9.17) is 0 Å². The highest BCUT2D eigenvalue weighted by Crippen LogP contribution is 2.41. The van der Waals surface area contributed by atoms with Crippen LogP contribution >= 0.6 is 0 Å². The lowest BCUT2D eigenvalue weighted by Crippen LogP contribution is -2.09. The van der Waals surface area contributed by atoms with Crippen molar-refractivity contribution < 1.29 is 0 Å². The van der Waals surface area contributed by atoms with Crippen molar-refractivity contribution in [2.45, 2.75) is 0 Å². The summed E-state index contributed by atoms with van der Waals surface area (Å²) in [5, 5.41) is 0. The van der Waals surface area contributed by atoms with Crippen LogP contribution in [-0.2, 0) is 0 Å². The predicted octanol–water partition coefficient (Wildman–Crippen LogP) is 20.3. The van der Waals surface area contributed by atoms with Crippen LogP contribution in [0.3, 0.4) is 0 Å². The minimum Gasteiger partial charge on any atom is -0.311 e. The van der Waals surface area contributed by atoms with E-state index < -0.39 is 0 Å². The molecular weight excluding hydrogens is 893 g/mol. The molecule has 0 spiro atoms. The third kappa shape index (κ3) is 9.81. The van der Waals surface area contributed by atoms with Gasteiger partial charge in [0.05, 0.1) is 0 Å². The second-order valence-electron chi connectivity index (χ2n) is 18.6. The van der Waals surface area contributed by atoms with Crippen LogP contribution in [0.1, 0.15) is 0 Å². The van der Waals surface area contributed by atoms with Gasteiger partial charge in [0.15, 0.2) is 0 Å². The Balaban J connectivity index is 0.893. The van der Waals surface area contributed by atoms with Gasteiger partial charge in [0, 0.05) is 34.1 Å². The molecule has 0 N–H and O–H groups in total. The van der Waals surface area contributed by atoms with E-state index in [2.05, 4.69) is 325 Å². The summed E-state index contributed by atoms with van der Waals surface area (Å²) in [7, 11) is 0. The van der Waals surface area contributed by atoms with Crippen molar-refractivity contribution in [1.29, 1.82) is 0 Å². The van der Waals surface area contributed by atoms with Gasteiger partial charge < -0.3 is 9.80 Å². The van der Waals surface area contributed by atoms with E-state index in [0.29, 0.717) is 0 Å². The average molecular weight is 945 g/mol. The van der Waals surface area contributed by atoms with Crippen molar-refractivity contribution in [3.05, 3.63) is 315 Å². The van der Waals surface area contributed by atoms with Crippen LogP contribution in [0.4, 0.5) is 34.1 Å². The minimum absolute atomic E-state index is 1.08. The Morgan fingerprint density at radius 1 is 0.122 bits per heavy atom. The SMILES string of the molecule is c1ccc(-c2ccc(N(c3ccc(-c4ccccc4)cc3)c3ccc(-c4cc(-c5ccccc5)cc(-c5ccc(N(c6ccc(-c7ccccc7)cc6)c6ccc(-c7ccccc7)cc6)cc5)c4)cc3)cc2)cc1. The summed E-state index contributed by atoms with van der Waals surface area (Å²) >= 11 is 0. The second kappa shape index (κ2) is 20.9. The van der Waals surface area contributed by atoms with Crippen molar-refractivity contribution in [3.63, 3.8) is 0 Å². The molecule has 2 nitrogen and oxygen atoms in total. The van der Waals surface area contributed by atoms with Gasteiger partial charge >= 0.3 is 0 Å². The van der Waals surface area contributed by atoms with Gasteiger partial charge in [-0.25, -0.2) is 0 Å². The summed E-state index contributed by atoms with van der Waals surface area (Å²) in [5.74, 6) is 0. The predicted molar refractivity (Wildman–Crippen MR) is 314 cm³/mol. The van der Waals surface area contributed by atoms with E-state index in [1.165, 1.54) is 55.6 Å². The van der Waals surface area contributed by atoms with Gasteiger partial charge in [-0.05, 0) is 169 Å². The Hall–Kier alpha value is -9.76. The lowest BCUT2D eigenvalue weighted by molar-refractivity contribution is 1.28. The molecule has 0 aliphatic heterocycles. The van der Waals surface area contributed by atoms with Crippen LogP contribution in [-0.4, -0.2) is 0 Å². The van der Waals surface area contributed by atoms with E-state index in [0.717, 1.165) is 56.4 Å². The maximum atomic E-state index is 2.35. The topological polar surface area (TPSA) is 6.48 Å². The third-order valence-electron chi connectivity index (χ3n) is 13.9. The molecule has 12 aromatic rings. The molecule has 0 aliphatic rings. The van der Waals surface area contributed by atoms with Crippen molar-refractivity contribution in [2.24, 2.45) is 0 Å². The van der Waals surface area contributed by atoms with Gasteiger partial charge in [0.25, 0.3) is 0 Å². The molecule has 12 rings (SSSR count). The molecule has 0 bridgehead atoms. The lowest BCUT2D eigenvalue weighted by Gasteiger charge is -2.26. The third-order valence-corrected chi connectivity index (χ3v) is 13.9. The van der Waals surface area contributed by atoms with Crippen LogP contribution in [0.15, 0.2) is 315 Å². The molecule has 0 atom stereocenters. The molecule has 12 aromatic carbocycles. The highest BCUT2D eigenvalue weighted by molar-refractivity contribution is 5.86. The molecule has 74 heavy (non-hydrogen) atoms. The summed E-state index contributed by atoms with van der Waals surface area (Å²) in [6.45, 7) is 0. The first-order valence-corrected chi connectivity index (χ1v) is 25.3. The number of nitrogens with zero attached hydrogens (tertiary/aromatic N) is 2. The van der Waals surface area contributed by atoms with Crippen molar-refractivity contribution in [3.8, 4) is 77.9 Å². The summed E-state index contributed by atoms with van der Waals surface area (Å²) < 4.78 is 0. The maximum absolute atomic E-state index is 2.35. The van der Waals surface area contributed by atoms with Gasteiger partial charge in [-0.2, -0.15) is 0 Å². The number of anilines is 6. The zero-order valence-corrected chi connectivity index (χ0v) is 40.9. The standard InChI is InChI=1S/C72H52N2/c1-6-16-53(17-7-1)58-26-38-67(39-27-58)73(68-40-28-59(29-41-68)54-18-8-2-9-19-54)71-46-34-62(35-47-71)65-50-64(57-24-14-5-15-25-57)51-66(52-65)63-36-48-72(49-37-63)74(69-42-30-60(31-43-69)55-20-10-3-11-21-55)70-44-32-61(33-45-70)56-22-12-4-13-23-56/h1-52H. The van der Waals surface area contributed by atoms with Crippen LogP contribution in [0.25, 0.3) is 77.9 Å². The van der Waals surface area contributed by atoms with Crippen LogP contribution < -0.4 is 9.80 Å². The Morgan fingerprint density at radius 3 is 0.432 bits per heavy atom. The van der Waals surface area contributed by atoms with Crippen molar-refractivity contribution in [1.82, 2.24) is 0 Å². The van der Waals surface area contributed by atoms with E-state index in [1.54, 1.807) is 0 Å². The normalized spacial score (nSPS) is 11.0. The number of rotatable bonds is 13. The highest BCUT2D eigenvalue weighted by atomic mass is 15.1. The average Bonchev–Trinajstić information content (AvgIpc) is 3.49. The fourth-order valence-electron chi connectivity index (χ4n) is 9.99. The summed E-state index contributed by atoms with van der Waals surface area (Å²) in [4.78, 5) is 4.69. The fraction of sp³-hybridized carbons (Fsp3) is 0. The maximum Gasteiger partial charge on any atom is 0.0462 e. The zero-order chi connectivity index (χ0) is 49.5. The molecule has 0 radical (unpaired) electrons. The summed E-state index contributed by atoms with van der Waals surface area (Å²) in [5.41, 5.74) is 23.0. The second-order valence-corrected chi connectivity index (χ2v) is 18.6. The van der Waals surface area contributed by atoms with Crippen molar-refractivity contribution >= 4 is 34.1 Å². The van der Waals surface area contributed by atoms with E-state index in [1.807, 2.05) is 0 Å². The van der Waals surface area contributed by atoms with Gasteiger partial charge in [0.1, 0.15) is 0 Å².